The minimum atomic E-state index is -0.634. The number of amides is 1. The summed E-state index contributed by atoms with van der Waals surface area (Å²) in [4.78, 5) is 30.3. The molecule has 0 atom stereocenters. The first-order valence-corrected chi connectivity index (χ1v) is 11.6. The second-order valence-electron chi connectivity index (χ2n) is 9.10. The molecule has 0 aliphatic rings. The Bertz CT molecular complexity index is 1570. The number of allylic oxidation sites excluding steroid dienone is 3. The van der Waals surface area contributed by atoms with Crippen molar-refractivity contribution in [1.29, 1.82) is 0 Å². The van der Waals surface area contributed by atoms with Crippen LogP contribution in [0.4, 0.5) is 10.5 Å². The summed E-state index contributed by atoms with van der Waals surface area (Å²) < 4.78 is 14.4. The molecule has 188 valence electrons. The van der Waals surface area contributed by atoms with E-state index in [2.05, 4.69) is 23.5 Å². The van der Waals surface area contributed by atoms with Crippen LogP contribution in [0.3, 0.4) is 0 Å². The Balaban J connectivity index is 1.78. The number of nitrogens with zero attached hydrogens (tertiary/aromatic N) is 3. The Morgan fingerprint density at radius 2 is 1.70 bits per heavy atom. The van der Waals surface area contributed by atoms with Crippen LogP contribution >= 0.6 is 0 Å². The fraction of sp³-hybridized carbons (Fsp3) is 0.138. The highest BCUT2D eigenvalue weighted by molar-refractivity contribution is 5.86. The monoisotopic (exact) mass is 496 g/mol. The number of carbonyl (C=O) groups is 1. The van der Waals surface area contributed by atoms with Gasteiger partial charge >= 0.3 is 11.8 Å². The lowest BCUT2D eigenvalue weighted by atomic mass is 10.2. The smallest absolute Gasteiger partial charge is 0.412 e. The van der Waals surface area contributed by atoms with Crippen molar-refractivity contribution in [2.75, 3.05) is 5.32 Å². The van der Waals surface area contributed by atoms with Crippen LogP contribution in [0.1, 0.15) is 20.8 Å². The van der Waals surface area contributed by atoms with E-state index in [-0.39, 0.29) is 5.69 Å². The van der Waals surface area contributed by atoms with Crippen LogP contribution in [0, 0.1) is 0 Å². The zero-order valence-electron chi connectivity index (χ0n) is 21.0. The number of hydrogen-bond donors (Lipinski definition) is 1. The maximum atomic E-state index is 13.8. The lowest BCUT2D eigenvalue weighted by Crippen LogP contribution is -2.27. The van der Waals surface area contributed by atoms with Crippen molar-refractivity contribution in [2.24, 2.45) is 0 Å². The van der Waals surface area contributed by atoms with Gasteiger partial charge in [-0.15, -0.1) is 0 Å². The summed E-state index contributed by atoms with van der Waals surface area (Å²) in [5.74, 6) is 1.06. The molecule has 1 N–H and O–H groups in total. The largest absolute Gasteiger partial charge is 0.457 e. The topological polar surface area (TPSA) is 87.4 Å². The SMILES string of the molecule is C=C/C=C(\C=C)Oc1cccc(-n2c(=O)n(-c3cccc(NC(=O)OC(C)(C)C)c3)c3ccncc32)c1. The molecule has 0 saturated carbocycles. The molecule has 4 aromatic rings. The molecule has 37 heavy (non-hydrogen) atoms. The summed E-state index contributed by atoms with van der Waals surface area (Å²) in [6.07, 6.45) is 7.56. The third-order valence-corrected chi connectivity index (χ3v) is 5.19. The predicted octanol–water partition coefficient (Wildman–Crippen LogP) is 6.16. The van der Waals surface area contributed by atoms with Gasteiger partial charge in [0.2, 0.25) is 0 Å². The van der Waals surface area contributed by atoms with Crippen molar-refractivity contribution < 1.29 is 14.3 Å². The quantitative estimate of drug-likeness (QED) is 0.245. The van der Waals surface area contributed by atoms with Gasteiger partial charge in [-0.1, -0.05) is 31.4 Å². The number of benzene rings is 2. The first kappa shape index (κ1) is 25.2. The van der Waals surface area contributed by atoms with Gasteiger partial charge in [0.1, 0.15) is 17.1 Å². The van der Waals surface area contributed by atoms with Crippen molar-refractivity contribution >= 4 is 22.8 Å². The zero-order valence-corrected chi connectivity index (χ0v) is 21.0. The van der Waals surface area contributed by atoms with Crippen LogP contribution in [0.2, 0.25) is 0 Å². The molecule has 2 aromatic carbocycles. The van der Waals surface area contributed by atoms with E-state index in [1.165, 1.54) is 0 Å². The number of fused-ring (bicyclic) bond motifs is 1. The van der Waals surface area contributed by atoms with Gasteiger partial charge in [-0.3, -0.25) is 19.4 Å². The van der Waals surface area contributed by atoms with Crippen LogP contribution in [0.5, 0.6) is 5.75 Å². The maximum Gasteiger partial charge on any atom is 0.412 e. The fourth-order valence-corrected chi connectivity index (χ4v) is 3.77. The number of nitrogens with one attached hydrogen (secondary N) is 1. The van der Waals surface area contributed by atoms with E-state index >= 15 is 0 Å². The van der Waals surface area contributed by atoms with E-state index in [1.807, 2.05) is 6.07 Å². The number of carbonyl (C=O) groups excluding carboxylic acids is 1. The molecule has 2 heterocycles. The number of ether oxygens (including phenoxy) is 2. The lowest BCUT2D eigenvalue weighted by molar-refractivity contribution is 0.0636. The number of aromatic nitrogens is 3. The molecule has 0 bridgehead atoms. The predicted molar refractivity (Wildman–Crippen MR) is 146 cm³/mol. The van der Waals surface area contributed by atoms with E-state index < -0.39 is 11.7 Å². The normalized spacial score (nSPS) is 11.7. The summed E-state index contributed by atoms with van der Waals surface area (Å²) >= 11 is 0. The molecule has 2 aromatic heterocycles. The first-order chi connectivity index (χ1) is 17.7. The van der Waals surface area contributed by atoms with Crippen molar-refractivity contribution in [3.05, 3.63) is 115 Å². The van der Waals surface area contributed by atoms with Crippen molar-refractivity contribution in [2.45, 2.75) is 26.4 Å². The molecule has 0 unspecified atom stereocenters. The summed E-state index contributed by atoms with van der Waals surface area (Å²) in [7, 11) is 0. The third kappa shape index (κ3) is 5.70. The Kier molecular flexibility index (Phi) is 7.11. The van der Waals surface area contributed by atoms with Gasteiger partial charge in [-0.2, -0.15) is 0 Å². The summed E-state index contributed by atoms with van der Waals surface area (Å²) in [6.45, 7) is 12.8. The number of hydrogen-bond acceptors (Lipinski definition) is 5. The van der Waals surface area contributed by atoms with Crippen LogP contribution in [0.25, 0.3) is 22.4 Å². The number of pyridine rings is 1. The molecule has 1 amide bonds. The zero-order chi connectivity index (χ0) is 26.6. The number of imidazole rings is 1. The highest BCUT2D eigenvalue weighted by Gasteiger charge is 2.19. The summed E-state index contributed by atoms with van der Waals surface area (Å²) in [5.41, 5.74) is 1.99. The average Bonchev–Trinajstić information content (AvgIpc) is 3.14. The Hall–Kier alpha value is -4.85. The second kappa shape index (κ2) is 10.4. The summed E-state index contributed by atoms with van der Waals surface area (Å²) in [5, 5.41) is 2.72. The number of anilines is 1. The Morgan fingerprint density at radius 1 is 1.00 bits per heavy atom. The molecule has 4 rings (SSSR count). The second-order valence-corrected chi connectivity index (χ2v) is 9.10. The standard InChI is InChI=1S/C29H28N4O4/c1-6-10-23(7-2)36-24-14-9-13-22(18-24)33-26-19-30-16-15-25(26)32(28(33)35)21-12-8-11-20(17-21)31-27(34)37-29(3,4)5/h6-19H,1-2H2,3-5H3,(H,31,34)/b23-10+. The van der Waals surface area contributed by atoms with Gasteiger partial charge in [-0.25, -0.2) is 9.59 Å². The van der Waals surface area contributed by atoms with Crippen molar-refractivity contribution in [3.63, 3.8) is 0 Å². The van der Waals surface area contributed by atoms with E-state index in [1.54, 1.807) is 109 Å². The van der Waals surface area contributed by atoms with Crippen LogP contribution in [-0.4, -0.2) is 25.8 Å². The molecule has 0 fully saturated rings. The molecule has 0 saturated heterocycles. The van der Waals surface area contributed by atoms with Gasteiger partial charge in [0.05, 0.1) is 28.6 Å². The Labute approximate surface area is 214 Å². The van der Waals surface area contributed by atoms with Gasteiger partial charge in [0.15, 0.2) is 0 Å². The molecule has 8 nitrogen and oxygen atoms in total. The van der Waals surface area contributed by atoms with E-state index in [0.717, 1.165) is 0 Å². The van der Waals surface area contributed by atoms with E-state index in [0.29, 0.717) is 39.6 Å². The number of rotatable bonds is 7. The third-order valence-electron chi connectivity index (χ3n) is 5.19. The molecule has 8 heteroatoms. The minimum Gasteiger partial charge on any atom is -0.457 e. The maximum absolute atomic E-state index is 13.8. The molecule has 0 spiro atoms. The van der Waals surface area contributed by atoms with Gasteiger partial charge in [0, 0.05) is 18.0 Å². The molecule has 0 aliphatic carbocycles. The Morgan fingerprint density at radius 3 is 2.41 bits per heavy atom. The molecular weight excluding hydrogens is 468 g/mol. The highest BCUT2D eigenvalue weighted by atomic mass is 16.6. The fourth-order valence-electron chi connectivity index (χ4n) is 3.77. The van der Waals surface area contributed by atoms with Crippen LogP contribution in [0.15, 0.2) is 109 Å². The lowest BCUT2D eigenvalue weighted by Gasteiger charge is -2.19. The van der Waals surface area contributed by atoms with Gasteiger partial charge < -0.3 is 9.47 Å². The van der Waals surface area contributed by atoms with E-state index in [9.17, 15) is 9.59 Å². The van der Waals surface area contributed by atoms with Crippen molar-refractivity contribution in [1.82, 2.24) is 14.1 Å². The summed E-state index contributed by atoms with van der Waals surface area (Å²) in [6, 6.07) is 15.9. The van der Waals surface area contributed by atoms with Gasteiger partial charge in [-0.05, 0) is 69.3 Å². The molecular formula is C29H28N4O4. The average molecular weight is 497 g/mol. The van der Waals surface area contributed by atoms with Crippen LogP contribution < -0.4 is 15.7 Å². The molecule has 0 aliphatic heterocycles. The molecule has 0 radical (unpaired) electrons. The van der Waals surface area contributed by atoms with Gasteiger partial charge in [0.25, 0.3) is 0 Å². The van der Waals surface area contributed by atoms with Crippen LogP contribution in [-0.2, 0) is 4.74 Å². The highest BCUT2D eigenvalue weighted by Crippen LogP contribution is 2.25. The van der Waals surface area contributed by atoms with E-state index in [4.69, 9.17) is 9.47 Å². The van der Waals surface area contributed by atoms with Crippen molar-refractivity contribution in [3.8, 4) is 17.1 Å². The minimum absolute atomic E-state index is 0.305. The first-order valence-electron chi connectivity index (χ1n) is 11.6.